The standard InChI is InChI=1S/C13H17F2N/c1-12(2)6-7-13(16,8-12)11-9(14)4-3-5-10(11)15/h3-5H,6-8,16H2,1-2H3. The highest BCUT2D eigenvalue weighted by Gasteiger charge is 2.44. The van der Waals surface area contributed by atoms with Gasteiger partial charge in [-0.25, -0.2) is 8.78 Å². The van der Waals surface area contributed by atoms with E-state index in [0.29, 0.717) is 12.8 Å². The van der Waals surface area contributed by atoms with Crippen LogP contribution in [0, 0.1) is 17.0 Å². The summed E-state index contributed by atoms with van der Waals surface area (Å²) in [5.41, 5.74) is 5.44. The Kier molecular flexibility index (Phi) is 2.54. The van der Waals surface area contributed by atoms with Gasteiger partial charge in [0.1, 0.15) is 11.6 Å². The first-order valence-electron chi connectivity index (χ1n) is 5.57. The molecule has 1 aromatic rings. The van der Waals surface area contributed by atoms with Crippen molar-refractivity contribution in [3.63, 3.8) is 0 Å². The molecule has 1 aliphatic rings. The third-order valence-electron chi connectivity index (χ3n) is 3.50. The van der Waals surface area contributed by atoms with E-state index in [-0.39, 0.29) is 11.0 Å². The number of benzene rings is 1. The summed E-state index contributed by atoms with van der Waals surface area (Å²) in [5, 5.41) is 0. The minimum Gasteiger partial charge on any atom is -0.321 e. The second-order valence-corrected chi connectivity index (χ2v) is 5.59. The van der Waals surface area contributed by atoms with Crippen LogP contribution >= 0.6 is 0 Å². The van der Waals surface area contributed by atoms with E-state index in [4.69, 9.17) is 5.73 Å². The van der Waals surface area contributed by atoms with Gasteiger partial charge in [-0.05, 0) is 36.8 Å². The van der Waals surface area contributed by atoms with Crippen LogP contribution in [0.1, 0.15) is 38.7 Å². The van der Waals surface area contributed by atoms with Crippen molar-refractivity contribution in [1.29, 1.82) is 0 Å². The molecule has 2 rings (SSSR count). The molecule has 3 heteroatoms. The van der Waals surface area contributed by atoms with Crippen LogP contribution in [0.3, 0.4) is 0 Å². The van der Waals surface area contributed by atoms with Gasteiger partial charge in [-0.2, -0.15) is 0 Å². The number of rotatable bonds is 1. The fourth-order valence-corrected chi connectivity index (χ4v) is 2.78. The highest BCUT2D eigenvalue weighted by atomic mass is 19.1. The highest BCUT2D eigenvalue weighted by molar-refractivity contribution is 5.29. The monoisotopic (exact) mass is 225 g/mol. The summed E-state index contributed by atoms with van der Waals surface area (Å²) in [6.07, 6.45) is 2.16. The average Bonchev–Trinajstić information content (AvgIpc) is 2.41. The van der Waals surface area contributed by atoms with Crippen LogP contribution < -0.4 is 5.73 Å². The molecule has 1 fully saturated rings. The van der Waals surface area contributed by atoms with Crippen LogP contribution in [0.15, 0.2) is 18.2 Å². The maximum absolute atomic E-state index is 13.7. The van der Waals surface area contributed by atoms with Gasteiger partial charge in [0, 0.05) is 11.1 Å². The molecule has 16 heavy (non-hydrogen) atoms. The van der Waals surface area contributed by atoms with E-state index in [9.17, 15) is 8.78 Å². The van der Waals surface area contributed by atoms with Gasteiger partial charge >= 0.3 is 0 Å². The predicted molar refractivity (Wildman–Crippen MR) is 59.9 cm³/mol. The maximum atomic E-state index is 13.7. The molecule has 1 aromatic carbocycles. The van der Waals surface area contributed by atoms with Crippen molar-refractivity contribution in [3.05, 3.63) is 35.4 Å². The molecular weight excluding hydrogens is 208 g/mol. The van der Waals surface area contributed by atoms with Gasteiger partial charge in [0.2, 0.25) is 0 Å². The average molecular weight is 225 g/mol. The number of nitrogens with two attached hydrogens (primary N) is 1. The molecule has 1 unspecified atom stereocenters. The molecule has 1 saturated carbocycles. The summed E-state index contributed by atoms with van der Waals surface area (Å²) in [4.78, 5) is 0. The quantitative estimate of drug-likeness (QED) is 0.779. The third kappa shape index (κ3) is 1.84. The zero-order valence-electron chi connectivity index (χ0n) is 9.69. The van der Waals surface area contributed by atoms with Crippen LogP contribution in [0.5, 0.6) is 0 Å². The van der Waals surface area contributed by atoms with Gasteiger partial charge in [-0.1, -0.05) is 19.9 Å². The summed E-state index contributed by atoms with van der Waals surface area (Å²) in [5.74, 6) is -1.06. The molecule has 0 spiro atoms. The van der Waals surface area contributed by atoms with Gasteiger partial charge in [0.15, 0.2) is 0 Å². The molecule has 2 N–H and O–H groups in total. The number of hydrogen-bond acceptors (Lipinski definition) is 1. The van der Waals surface area contributed by atoms with Gasteiger partial charge in [0.25, 0.3) is 0 Å². The normalized spacial score (nSPS) is 28.3. The van der Waals surface area contributed by atoms with Crippen LogP contribution in [0.25, 0.3) is 0 Å². The summed E-state index contributed by atoms with van der Waals surface area (Å²) in [7, 11) is 0. The molecule has 0 heterocycles. The minimum atomic E-state index is -0.848. The van der Waals surface area contributed by atoms with Crippen molar-refractivity contribution in [2.75, 3.05) is 0 Å². The topological polar surface area (TPSA) is 26.0 Å². The maximum Gasteiger partial charge on any atom is 0.131 e. The van der Waals surface area contributed by atoms with Crippen molar-refractivity contribution in [1.82, 2.24) is 0 Å². The second kappa shape index (κ2) is 3.52. The molecule has 88 valence electrons. The summed E-state index contributed by atoms with van der Waals surface area (Å²) < 4.78 is 27.4. The molecule has 1 aliphatic carbocycles. The molecular formula is C13H17F2N. The molecule has 0 saturated heterocycles. The first kappa shape index (κ1) is 11.5. The largest absolute Gasteiger partial charge is 0.321 e. The molecule has 0 radical (unpaired) electrons. The molecule has 1 nitrogen and oxygen atoms in total. The van der Waals surface area contributed by atoms with Crippen molar-refractivity contribution >= 4 is 0 Å². The Labute approximate surface area is 94.7 Å². The lowest BCUT2D eigenvalue weighted by Crippen LogP contribution is -2.36. The van der Waals surface area contributed by atoms with E-state index in [1.54, 1.807) is 0 Å². The summed E-state index contributed by atoms with van der Waals surface area (Å²) in [6.45, 7) is 4.17. The fraction of sp³-hybridized carbons (Fsp3) is 0.538. The highest BCUT2D eigenvalue weighted by Crippen LogP contribution is 2.48. The molecule has 0 bridgehead atoms. The van der Waals surface area contributed by atoms with E-state index in [1.165, 1.54) is 18.2 Å². The van der Waals surface area contributed by atoms with Crippen LogP contribution in [0.4, 0.5) is 8.78 Å². The van der Waals surface area contributed by atoms with Gasteiger partial charge < -0.3 is 5.73 Å². The van der Waals surface area contributed by atoms with Crippen molar-refractivity contribution in [3.8, 4) is 0 Å². The summed E-state index contributed by atoms with van der Waals surface area (Å²) in [6, 6.07) is 3.92. The van der Waals surface area contributed by atoms with Gasteiger partial charge in [-0.3, -0.25) is 0 Å². The van der Waals surface area contributed by atoms with E-state index in [0.717, 1.165) is 6.42 Å². The van der Waals surface area contributed by atoms with Crippen molar-refractivity contribution < 1.29 is 8.78 Å². The first-order chi connectivity index (χ1) is 7.34. The Morgan fingerprint density at radius 1 is 1.12 bits per heavy atom. The van der Waals surface area contributed by atoms with E-state index in [1.807, 2.05) is 0 Å². The zero-order valence-corrected chi connectivity index (χ0v) is 9.69. The lowest BCUT2D eigenvalue weighted by atomic mass is 9.83. The third-order valence-corrected chi connectivity index (χ3v) is 3.50. The zero-order chi connectivity index (χ0) is 12.0. The molecule has 1 atom stereocenters. The van der Waals surface area contributed by atoms with Gasteiger partial charge in [-0.15, -0.1) is 0 Å². The van der Waals surface area contributed by atoms with E-state index < -0.39 is 17.2 Å². The van der Waals surface area contributed by atoms with Crippen LogP contribution in [-0.2, 0) is 5.54 Å². The summed E-state index contributed by atoms with van der Waals surface area (Å²) >= 11 is 0. The molecule has 0 amide bonds. The number of hydrogen-bond donors (Lipinski definition) is 1. The lowest BCUT2D eigenvalue weighted by molar-refractivity contribution is 0.326. The Hall–Kier alpha value is -0.960. The SMILES string of the molecule is CC1(C)CCC(N)(c2c(F)cccc2F)C1. The van der Waals surface area contributed by atoms with E-state index >= 15 is 0 Å². The number of halogens is 2. The van der Waals surface area contributed by atoms with Gasteiger partial charge in [0.05, 0.1) is 0 Å². The van der Waals surface area contributed by atoms with E-state index in [2.05, 4.69) is 13.8 Å². The Morgan fingerprint density at radius 3 is 2.12 bits per heavy atom. The Bertz CT molecular complexity index is 394. The second-order valence-electron chi connectivity index (χ2n) is 5.59. The van der Waals surface area contributed by atoms with Crippen molar-refractivity contribution in [2.45, 2.75) is 38.6 Å². The first-order valence-corrected chi connectivity index (χ1v) is 5.57. The smallest absolute Gasteiger partial charge is 0.131 e. The predicted octanol–water partition coefficient (Wildman–Crippen LogP) is 3.33. The minimum absolute atomic E-state index is 0.0561. The fourth-order valence-electron chi connectivity index (χ4n) is 2.78. The molecule has 0 aromatic heterocycles. The van der Waals surface area contributed by atoms with Crippen LogP contribution in [-0.4, -0.2) is 0 Å². The molecule has 0 aliphatic heterocycles. The Balaban J connectivity index is 2.45. The lowest BCUT2D eigenvalue weighted by Gasteiger charge is -2.27. The van der Waals surface area contributed by atoms with Crippen molar-refractivity contribution in [2.24, 2.45) is 11.1 Å². The van der Waals surface area contributed by atoms with Crippen LogP contribution in [0.2, 0.25) is 0 Å². The Morgan fingerprint density at radius 2 is 1.69 bits per heavy atom.